The average molecular weight is 1730 g/mol. The maximum Gasteiger partial charge on any atom is 0.522 e. The fraction of sp³-hybridized carbons (Fsp3) is 0.296. The molecule has 4 aliphatic heterocycles. The van der Waals surface area contributed by atoms with E-state index >= 15 is 0 Å². The first-order valence-electron chi connectivity index (χ1n) is 34.9. The number of hydrogen-bond acceptors (Lipinski definition) is 20. The molecule has 8 aromatic rings. The Hall–Kier alpha value is -4.59. The van der Waals surface area contributed by atoms with Crippen LogP contribution in [0.5, 0.6) is 0 Å². The molecule has 0 radical (unpaired) electrons. The summed E-state index contributed by atoms with van der Waals surface area (Å²) in [6, 6.07) is 77.4. The van der Waals surface area contributed by atoms with E-state index in [0.717, 1.165) is 0 Å². The van der Waals surface area contributed by atoms with Gasteiger partial charge >= 0.3 is 82.4 Å². The summed E-state index contributed by atoms with van der Waals surface area (Å²) in [5.74, 6) is -0.781. The number of unbranched alkanes of at least 4 members (excludes halogenated alkanes) is 1. The van der Waals surface area contributed by atoms with Gasteiger partial charge in [-0.3, -0.25) is 9.59 Å². The first-order chi connectivity index (χ1) is 50.0. The highest BCUT2D eigenvalue weighted by atomic mass is 79.9. The van der Waals surface area contributed by atoms with Crippen LogP contribution in [0.3, 0.4) is 0 Å². The van der Waals surface area contributed by atoms with Crippen molar-refractivity contribution in [2.24, 2.45) is 0 Å². The molecular weight excluding hydrogens is 1640 g/mol. The first kappa shape index (κ1) is 80.4. The van der Waals surface area contributed by atoms with Crippen LogP contribution in [-0.2, 0) is 86.5 Å². The molecule has 0 saturated carbocycles. The highest BCUT2D eigenvalue weighted by Crippen LogP contribution is 2.44. The third kappa shape index (κ3) is 19.2. The molecule has 4 bridgehead atoms. The molecule has 4 unspecified atom stereocenters. The maximum atomic E-state index is 12.7. The van der Waals surface area contributed by atoms with Crippen molar-refractivity contribution in [3.05, 3.63) is 243 Å². The van der Waals surface area contributed by atoms with Crippen molar-refractivity contribution < 1.29 is 86.5 Å². The smallest absolute Gasteiger partial charge is 0.462 e. The molecule has 4 aliphatic rings. The fourth-order valence-electron chi connectivity index (χ4n) is 11.8. The number of ether oxygens (including phenoxy) is 4. The van der Waals surface area contributed by atoms with Crippen LogP contribution in [-0.4, -0.2) is 165 Å². The summed E-state index contributed by atoms with van der Waals surface area (Å²) in [7, 11) is -47.6. The van der Waals surface area contributed by atoms with Crippen molar-refractivity contribution in [2.75, 3.05) is 46.2 Å². The fourth-order valence-corrected chi connectivity index (χ4v) is 63.4. The highest BCUT2D eigenvalue weighted by Gasteiger charge is 2.80. The van der Waals surface area contributed by atoms with Gasteiger partial charge in [0.25, 0.3) is 0 Å². The summed E-state index contributed by atoms with van der Waals surface area (Å²) in [4.78, 5) is 25.4. The Bertz CT molecular complexity index is 3900. The first-order valence-corrected chi connectivity index (χ1v) is 57.4. The van der Waals surface area contributed by atoms with E-state index in [1.54, 1.807) is 27.7 Å². The monoisotopic (exact) mass is 1730 g/mol. The second kappa shape index (κ2) is 35.4. The van der Waals surface area contributed by atoms with Crippen molar-refractivity contribution >= 4 is 184 Å². The molecule has 104 heavy (non-hydrogen) atoms. The van der Waals surface area contributed by atoms with Crippen LogP contribution in [0.4, 0.5) is 0 Å². The van der Waals surface area contributed by atoms with Gasteiger partial charge in [-0.05, 0) is 66.1 Å². The number of carbonyl (C=O) groups is 2. The molecule has 4 fully saturated rings. The number of esters is 2. The topological polar surface area (TPSA) is 200 Å². The average Bonchev–Trinajstić information content (AvgIpc) is 0.689. The van der Waals surface area contributed by atoms with Crippen LogP contribution in [0.2, 0.25) is 32.2 Å². The lowest BCUT2D eigenvalue weighted by atomic mass is 10.2. The Balaban J connectivity index is 1.24. The van der Waals surface area contributed by atoms with Gasteiger partial charge in [-0.1, -0.05) is 288 Å². The van der Waals surface area contributed by atoms with E-state index in [4.69, 9.17) is 76.9 Å². The second-order valence-corrected chi connectivity index (χ2v) is 60.5. The quantitative estimate of drug-likeness (QED) is 0.0178. The Morgan fingerprint density at radius 1 is 0.346 bits per heavy atom. The van der Waals surface area contributed by atoms with Gasteiger partial charge in [0.05, 0.1) is 13.2 Å². The van der Waals surface area contributed by atoms with E-state index in [9.17, 15) is 9.59 Å². The van der Waals surface area contributed by atoms with Crippen LogP contribution in [0.25, 0.3) is 0 Å². The molecule has 33 heteroatoms. The summed E-state index contributed by atoms with van der Waals surface area (Å²) in [6.07, 6.45) is 1.47. The molecule has 552 valence electrons. The number of alkyl halides is 2. The Labute approximate surface area is 641 Å². The summed E-state index contributed by atoms with van der Waals surface area (Å²) in [5.41, 5.74) is 0. The number of carbonyl (C=O) groups excluding carboxylic acids is 2. The predicted octanol–water partition coefficient (Wildman–Crippen LogP) is 7.13. The minimum atomic E-state index is -5.36. The SMILES string of the molecule is C[SiH2]O[Si]1(c2ccccc2)O[Si]2(c3ccccc3)O[Si](OCCCCOCCOC(=O)C(C)(C)Br)(c3ccccc3)O[Si](c3ccccc3)(O1)O[Si]1(c3ccccc3)O[Si](O[SiH2]C)(c3ccccc3)O[Si](c3ccccc3)(O[Si](O[Si](C)(C)CCCOCCOC(=O)C(C)(C)Br)(c3ccccc3)O1)O2. The van der Waals surface area contributed by atoms with E-state index in [0.29, 0.717) is 80.0 Å². The standard InChI is InChI=1S/C71H90Br2O20Si11/c1-70(2,72)68(74)78-57-55-76-52-33-34-54-80-97(60-36-17-9-18-37-60)84-101(64-44-25-13-26-45-64)86-98(81-94-5,61-38-19-10-20-39-61)87-102(85-97,65-46-27-14-28-47-65)93-104(67-50-31-16-32-51-67)89-99(82-95-6,62-40-21-11-22-41-62)88-103(92-101,66-48-29-15-30-49-66)90-100(91-104,63-42-23-12-24-43-63)83-96(7,8)59-35-53-77-56-58-79-69(75)71(3,4)73/h9-32,36-51H,33-35,52-59,94-95H2,1-8H3. The minimum absolute atomic E-state index is 0.0302. The van der Waals surface area contributed by atoms with Crippen molar-refractivity contribution in [3.8, 4) is 0 Å². The molecule has 4 heterocycles. The zero-order chi connectivity index (χ0) is 73.5. The van der Waals surface area contributed by atoms with Crippen LogP contribution in [0.1, 0.15) is 47.0 Å². The molecule has 0 spiro atoms. The van der Waals surface area contributed by atoms with Crippen molar-refractivity contribution in [1.82, 2.24) is 0 Å². The number of benzene rings is 8. The van der Waals surface area contributed by atoms with Gasteiger partial charge in [0.1, 0.15) is 41.4 Å². The third-order valence-corrected chi connectivity index (χ3v) is 58.0. The van der Waals surface area contributed by atoms with Crippen molar-refractivity contribution in [2.45, 2.75) is 87.8 Å². The maximum absolute atomic E-state index is 12.7. The molecule has 12 rings (SSSR count). The van der Waals surface area contributed by atoms with E-state index < -0.39 is 113 Å². The highest BCUT2D eigenvalue weighted by molar-refractivity contribution is 9.10. The Morgan fingerprint density at radius 3 is 0.913 bits per heavy atom. The van der Waals surface area contributed by atoms with Crippen LogP contribution in [0, 0.1) is 0 Å². The minimum Gasteiger partial charge on any atom is -0.462 e. The zero-order valence-electron chi connectivity index (χ0n) is 59.7. The Morgan fingerprint density at radius 2 is 0.606 bits per heavy atom. The number of rotatable bonds is 32. The van der Waals surface area contributed by atoms with Gasteiger partial charge in [-0.2, -0.15) is 0 Å². The summed E-state index contributed by atoms with van der Waals surface area (Å²) in [5, 5.41) is 3.93. The lowest BCUT2D eigenvalue weighted by Crippen LogP contribution is -2.90. The molecule has 20 nitrogen and oxygen atoms in total. The van der Waals surface area contributed by atoms with Gasteiger partial charge in [0, 0.05) is 61.3 Å². The second-order valence-electron chi connectivity index (χ2n) is 26.2. The molecule has 0 N–H and O–H groups in total. The molecular formula is C71H90Br2O20Si11. The molecule has 8 aromatic carbocycles. The van der Waals surface area contributed by atoms with Crippen LogP contribution in [0.15, 0.2) is 243 Å². The molecule has 4 saturated heterocycles. The van der Waals surface area contributed by atoms with E-state index in [-0.39, 0.29) is 39.0 Å². The largest absolute Gasteiger partial charge is 0.522 e. The normalized spacial score (nSPS) is 26.2. The molecule has 0 aliphatic carbocycles. The van der Waals surface area contributed by atoms with Gasteiger partial charge in [0.15, 0.2) is 8.32 Å². The van der Waals surface area contributed by atoms with Gasteiger partial charge in [-0.25, -0.2) is 0 Å². The van der Waals surface area contributed by atoms with Gasteiger partial charge in [-0.15, -0.1) is 0 Å². The lowest BCUT2D eigenvalue weighted by molar-refractivity contribution is -0.147. The number of hydrogen-bond donors (Lipinski definition) is 0. The predicted molar refractivity (Wildman–Crippen MR) is 429 cm³/mol. The van der Waals surface area contributed by atoms with E-state index in [1.165, 1.54) is 0 Å². The summed E-state index contributed by atoms with van der Waals surface area (Å²) in [6.45, 7) is 16.4. The zero-order valence-corrected chi connectivity index (χ0v) is 74.7. The van der Waals surface area contributed by atoms with Gasteiger partial charge < -0.3 is 76.9 Å². The van der Waals surface area contributed by atoms with Crippen molar-refractivity contribution in [3.63, 3.8) is 0 Å². The molecule has 4 atom stereocenters. The van der Waals surface area contributed by atoms with E-state index in [1.807, 2.05) is 256 Å². The number of halogens is 2. The number of fused-ring (bicyclic) bond motifs is 4. The van der Waals surface area contributed by atoms with Crippen LogP contribution < -0.4 is 41.5 Å². The molecule has 0 amide bonds. The summed E-state index contributed by atoms with van der Waals surface area (Å²) >= 11 is 6.80. The van der Waals surface area contributed by atoms with E-state index in [2.05, 4.69) is 45.0 Å². The lowest BCUT2D eigenvalue weighted by Gasteiger charge is -2.57. The van der Waals surface area contributed by atoms with Crippen molar-refractivity contribution in [1.29, 1.82) is 0 Å². The van der Waals surface area contributed by atoms with Gasteiger partial charge in [0.2, 0.25) is 0 Å². The molecule has 0 aromatic heterocycles. The van der Waals surface area contributed by atoms with Crippen LogP contribution >= 0.6 is 31.9 Å². The third-order valence-electron chi connectivity index (χ3n) is 16.7. The Kier molecular flexibility index (Phi) is 27.4. The summed E-state index contributed by atoms with van der Waals surface area (Å²) < 4.78 is 139.